The molecule has 0 N–H and O–H groups in total. The van der Waals surface area contributed by atoms with Crippen LogP contribution in [0.15, 0.2) is 54.9 Å². The zero-order chi connectivity index (χ0) is 20.5. The number of hydrogen-bond donors (Lipinski definition) is 0. The summed E-state index contributed by atoms with van der Waals surface area (Å²) < 4.78 is 7.99. The second kappa shape index (κ2) is 7.82. The maximum absolute atomic E-state index is 13.0. The van der Waals surface area contributed by atoms with Crippen LogP contribution in [0.25, 0.3) is 5.82 Å². The molecule has 1 saturated heterocycles. The summed E-state index contributed by atoms with van der Waals surface area (Å²) in [7, 11) is 0. The molecule has 7 heteroatoms. The monoisotopic (exact) mass is 403 g/mol. The Kier molecular flexibility index (Phi) is 4.86. The Hall–Kier alpha value is -3.35. The van der Waals surface area contributed by atoms with Crippen molar-refractivity contribution < 1.29 is 9.53 Å². The largest absolute Gasteiger partial charge is 0.480 e. The molecule has 0 spiro atoms. The lowest BCUT2D eigenvalue weighted by molar-refractivity contribution is -0.139. The lowest BCUT2D eigenvalue weighted by Crippen LogP contribution is -2.53. The number of fused-ring (bicyclic) bond motifs is 1. The van der Waals surface area contributed by atoms with Gasteiger partial charge in [-0.15, -0.1) is 0 Å². The van der Waals surface area contributed by atoms with Crippen LogP contribution in [0.1, 0.15) is 17.8 Å². The summed E-state index contributed by atoms with van der Waals surface area (Å²) >= 11 is 0. The van der Waals surface area contributed by atoms with Gasteiger partial charge in [-0.3, -0.25) is 4.79 Å². The number of rotatable bonds is 3. The zero-order valence-electron chi connectivity index (χ0n) is 17.1. The number of para-hydroxylation sites is 1. The molecule has 2 aromatic heterocycles. The Morgan fingerprint density at radius 3 is 2.53 bits per heavy atom. The first kappa shape index (κ1) is 18.7. The van der Waals surface area contributed by atoms with Crippen molar-refractivity contribution in [3.05, 3.63) is 66.2 Å². The van der Waals surface area contributed by atoms with Crippen molar-refractivity contribution in [3.63, 3.8) is 0 Å². The zero-order valence-corrected chi connectivity index (χ0v) is 17.1. The summed E-state index contributed by atoms with van der Waals surface area (Å²) in [6.07, 6.45) is 5.19. The number of anilines is 1. The molecule has 0 bridgehead atoms. The third kappa shape index (κ3) is 3.63. The van der Waals surface area contributed by atoms with Gasteiger partial charge < -0.3 is 19.1 Å². The van der Waals surface area contributed by atoms with E-state index in [9.17, 15) is 4.79 Å². The molecule has 30 heavy (non-hydrogen) atoms. The molecule has 3 aromatic rings. The molecule has 1 fully saturated rings. The predicted molar refractivity (Wildman–Crippen MR) is 114 cm³/mol. The summed E-state index contributed by atoms with van der Waals surface area (Å²) in [6.45, 7) is 4.74. The van der Waals surface area contributed by atoms with Crippen LogP contribution in [0.5, 0.6) is 5.75 Å². The minimum absolute atomic E-state index is 0.0936. The first-order chi connectivity index (χ1) is 14.7. The molecule has 2 aliphatic rings. The highest BCUT2D eigenvalue weighted by Crippen LogP contribution is 2.28. The smallest absolute Gasteiger partial charge is 0.263 e. The van der Waals surface area contributed by atoms with E-state index < -0.39 is 0 Å². The Morgan fingerprint density at radius 1 is 1.00 bits per heavy atom. The quantitative estimate of drug-likeness (QED) is 0.673. The number of benzene rings is 1. The minimum Gasteiger partial charge on any atom is -0.480 e. The first-order valence-corrected chi connectivity index (χ1v) is 10.4. The maximum atomic E-state index is 13.0. The van der Waals surface area contributed by atoms with Crippen molar-refractivity contribution in [3.8, 4) is 11.6 Å². The molecule has 1 amide bonds. The SMILES string of the molecule is Cc1nc(N2CCN(C(=O)C3CCc4ccccc4O3)CC2)cc(-n2cccc2)n1. The van der Waals surface area contributed by atoms with Crippen molar-refractivity contribution in [2.45, 2.75) is 25.9 Å². The van der Waals surface area contributed by atoms with Gasteiger partial charge in [-0.2, -0.15) is 0 Å². The van der Waals surface area contributed by atoms with Gasteiger partial charge in [-0.05, 0) is 43.5 Å². The van der Waals surface area contributed by atoms with Crippen molar-refractivity contribution >= 4 is 11.7 Å². The summed E-state index contributed by atoms with van der Waals surface area (Å²) in [4.78, 5) is 26.3. The molecule has 154 valence electrons. The van der Waals surface area contributed by atoms with Gasteiger partial charge in [0.2, 0.25) is 0 Å². The Balaban J connectivity index is 1.24. The topological polar surface area (TPSA) is 63.5 Å². The van der Waals surface area contributed by atoms with E-state index in [1.165, 1.54) is 5.56 Å². The third-order valence-electron chi connectivity index (χ3n) is 5.79. The lowest BCUT2D eigenvalue weighted by Gasteiger charge is -2.37. The Morgan fingerprint density at radius 2 is 1.73 bits per heavy atom. The van der Waals surface area contributed by atoms with Gasteiger partial charge in [-0.1, -0.05) is 18.2 Å². The van der Waals surface area contributed by atoms with E-state index in [0.717, 1.165) is 49.1 Å². The maximum Gasteiger partial charge on any atom is 0.263 e. The number of hydrogen-bond acceptors (Lipinski definition) is 5. The fourth-order valence-electron chi connectivity index (χ4n) is 4.18. The van der Waals surface area contributed by atoms with Crippen LogP contribution in [0, 0.1) is 6.92 Å². The van der Waals surface area contributed by atoms with Crippen LogP contribution in [0.4, 0.5) is 5.82 Å². The molecular weight excluding hydrogens is 378 g/mol. The predicted octanol–water partition coefficient (Wildman–Crippen LogP) is 2.62. The fourth-order valence-corrected chi connectivity index (χ4v) is 4.18. The molecule has 0 saturated carbocycles. The number of piperazine rings is 1. The molecule has 2 aliphatic heterocycles. The van der Waals surface area contributed by atoms with E-state index in [1.54, 1.807) is 0 Å². The third-order valence-corrected chi connectivity index (χ3v) is 5.79. The summed E-state index contributed by atoms with van der Waals surface area (Å²) in [5.41, 5.74) is 1.18. The van der Waals surface area contributed by atoms with E-state index in [2.05, 4.69) is 20.9 Å². The first-order valence-electron chi connectivity index (χ1n) is 10.4. The summed E-state index contributed by atoms with van der Waals surface area (Å²) in [5, 5.41) is 0. The average molecular weight is 403 g/mol. The molecule has 1 unspecified atom stereocenters. The second-order valence-corrected chi connectivity index (χ2v) is 7.79. The number of aromatic nitrogens is 3. The molecule has 0 radical (unpaired) electrons. The van der Waals surface area contributed by atoms with Crippen LogP contribution >= 0.6 is 0 Å². The van der Waals surface area contributed by atoms with Gasteiger partial charge >= 0.3 is 0 Å². The van der Waals surface area contributed by atoms with E-state index in [4.69, 9.17) is 4.74 Å². The van der Waals surface area contributed by atoms with E-state index in [-0.39, 0.29) is 12.0 Å². The normalized spacial score (nSPS) is 18.6. The minimum atomic E-state index is -0.381. The van der Waals surface area contributed by atoms with Gasteiger partial charge in [0.05, 0.1) is 0 Å². The Bertz CT molecular complexity index is 1040. The molecule has 7 nitrogen and oxygen atoms in total. The van der Waals surface area contributed by atoms with Crippen LogP contribution in [0.3, 0.4) is 0 Å². The fraction of sp³-hybridized carbons (Fsp3) is 0.348. The highest BCUT2D eigenvalue weighted by Gasteiger charge is 2.31. The number of aryl methyl sites for hydroxylation is 2. The average Bonchev–Trinajstić information content (AvgIpc) is 3.33. The molecule has 4 heterocycles. The summed E-state index contributed by atoms with van der Waals surface area (Å²) in [5.74, 6) is 3.44. The van der Waals surface area contributed by atoms with Gasteiger partial charge in [0, 0.05) is 44.6 Å². The number of nitrogens with zero attached hydrogens (tertiary/aromatic N) is 5. The molecular formula is C23H25N5O2. The highest BCUT2D eigenvalue weighted by molar-refractivity contribution is 5.82. The lowest BCUT2D eigenvalue weighted by atomic mass is 10.0. The number of amides is 1. The van der Waals surface area contributed by atoms with Crippen molar-refractivity contribution in [2.75, 3.05) is 31.1 Å². The molecule has 5 rings (SSSR count). The van der Waals surface area contributed by atoms with Gasteiger partial charge in [-0.25, -0.2) is 9.97 Å². The van der Waals surface area contributed by atoms with E-state index in [1.807, 2.05) is 65.2 Å². The van der Waals surface area contributed by atoms with Crippen LogP contribution in [-0.4, -0.2) is 57.6 Å². The van der Waals surface area contributed by atoms with Gasteiger partial charge in [0.15, 0.2) is 6.10 Å². The number of ether oxygens (including phenoxy) is 1. The molecule has 0 aliphatic carbocycles. The molecule has 1 atom stereocenters. The van der Waals surface area contributed by atoms with Crippen molar-refractivity contribution in [1.29, 1.82) is 0 Å². The van der Waals surface area contributed by atoms with Crippen LogP contribution < -0.4 is 9.64 Å². The number of carbonyl (C=O) groups is 1. The summed E-state index contributed by atoms with van der Waals surface area (Å²) in [6, 6.07) is 14.0. The van der Waals surface area contributed by atoms with Gasteiger partial charge in [0.25, 0.3) is 5.91 Å². The second-order valence-electron chi connectivity index (χ2n) is 7.79. The Labute approximate surface area is 175 Å². The van der Waals surface area contributed by atoms with E-state index in [0.29, 0.717) is 13.1 Å². The van der Waals surface area contributed by atoms with Gasteiger partial charge in [0.1, 0.15) is 23.2 Å². The number of carbonyl (C=O) groups excluding carboxylic acids is 1. The standard InChI is InChI=1S/C23H25N5O2/c1-17-24-21(26-10-4-5-11-26)16-22(25-17)27-12-14-28(15-13-27)23(29)20-9-8-18-6-2-3-7-19(18)30-20/h2-7,10-11,16,20H,8-9,12-15H2,1H3. The van der Waals surface area contributed by atoms with Crippen LogP contribution in [-0.2, 0) is 11.2 Å². The van der Waals surface area contributed by atoms with E-state index >= 15 is 0 Å². The van der Waals surface area contributed by atoms with Crippen LogP contribution in [0.2, 0.25) is 0 Å². The van der Waals surface area contributed by atoms with Crippen molar-refractivity contribution in [1.82, 2.24) is 19.4 Å². The molecule has 1 aromatic carbocycles. The highest BCUT2D eigenvalue weighted by atomic mass is 16.5. The van der Waals surface area contributed by atoms with Crippen molar-refractivity contribution in [2.24, 2.45) is 0 Å².